The van der Waals surface area contributed by atoms with Crippen LogP contribution in [0.1, 0.15) is 23.1 Å². The van der Waals surface area contributed by atoms with Crippen LogP contribution in [0, 0.1) is 12.7 Å². The van der Waals surface area contributed by atoms with Crippen LogP contribution in [-0.4, -0.2) is 5.78 Å². The van der Waals surface area contributed by atoms with Crippen molar-refractivity contribution in [3.05, 3.63) is 34.6 Å². The third kappa shape index (κ3) is 1.37. The monoisotopic (exact) mass is 178 g/mol. The lowest BCUT2D eigenvalue weighted by atomic mass is 9.89. The van der Waals surface area contributed by atoms with Crippen LogP contribution in [0.5, 0.6) is 0 Å². The van der Waals surface area contributed by atoms with Crippen LogP contribution in [0.2, 0.25) is 0 Å². The van der Waals surface area contributed by atoms with E-state index in [-0.39, 0.29) is 11.6 Å². The molecule has 0 saturated heterocycles. The standard InChI is InChI=1S/C11H11FO/c1-7-2-3-8-6-9(13)4-5-10(8)11(7)12/h2-3H,4-6H2,1H3. The Morgan fingerprint density at radius 2 is 2.08 bits per heavy atom. The second kappa shape index (κ2) is 2.95. The number of ketones is 1. The summed E-state index contributed by atoms with van der Waals surface area (Å²) in [5.41, 5.74) is 2.30. The van der Waals surface area contributed by atoms with Gasteiger partial charge in [-0.05, 0) is 30.0 Å². The van der Waals surface area contributed by atoms with E-state index in [1.165, 1.54) is 0 Å². The minimum Gasteiger partial charge on any atom is -0.299 e. The number of fused-ring (bicyclic) bond motifs is 1. The molecule has 2 rings (SSSR count). The van der Waals surface area contributed by atoms with Gasteiger partial charge in [-0.15, -0.1) is 0 Å². The Hall–Kier alpha value is -1.18. The Balaban J connectivity index is 2.53. The van der Waals surface area contributed by atoms with E-state index in [0.29, 0.717) is 24.8 Å². The molecule has 0 radical (unpaired) electrons. The van der Waals surface area contributed by atoms with Gasteiger partial charge in [0.15, 0.2) is 0 Å². The van der Waals surface area contributed by atoms with Gasteiger partial charge in [0.25, 0.3) is 0 Å². The molecule has 0 aliphatic heterocycles. The summed E-state index contributed by atoms with van der Waals surface area (Å²) in [6.07, 6.45) is 1.47. The van der Waals surface area contributed by atoms with Crippen molar-refractivity contribution in [1.82, 2.24) is 0 Å². The Bertz CT molecular complexity index is 369. The lowest BCUT2D eigenvalue weighted by Crippen LogP contribution is -2.15. The van der Waals surface area contributed by atoms with Crippen molar-refractivity contribution < 1.29 is 9.18 Å². The molecule has 0 aromatic heterocycles. The number of carbonyl (C=O) groups excluding carboxylic acids is 1. The van der Waals surface area contributed by atoms with Crippen LogP contribution in [0.3, 0.4) is 0 Å². The molecule has 1 aliphatic rings. The normalized spacial score (nSPS) is 15.7. The minimum atomic E-state index is -0.120. The van der Waals surface area contributed by atoms with Crippen molar-refractivity contribution in [1.29, 1.82) is 0 Å². The van der Waals surface area contributed by atoms with E-state index in [4.69, 9.17) is 0 Å². The first kappa shape index (κ1) is 8.42. The number of Topliss-reactive ketones (excluding diaryl/α,β-unsaturated/α-hetero) is 1. The van der Waals surface area contributed by atoms with Gasteiger partial charge in [-0.3, -0.25) is 4.79 Å². The topological polar surface area (TPSA) is 17.1 Å². The zero-order valence-corrected chi connectivity index (χ0v) is 7.56. The molecular formula is C11H11FO. The Labute approximate surface area is 76.6 Å². The fourth-order valence-electron chi connectivity index (χ4n) is 1.78. The zero-order chi connectivity index (χ0) is 9.42. The van der Waals surface area contributed by atoms with Crippen molar-refractivity contribution in [3.63, 3.8) is 0 Å². The summed E-state index contributed by atoms with van der Waals surface area (Å²) in [5, 5.41) is 0. The van der Waals surface area contributed by atoms with Crippen LogP contribution in [0.25, 0.3) is 0 Å². The van der Waals surface area contributed by atoms with E-state index in [2.05, 4.69) is 0 Å². The smallest absolute Gasteiger partial charge is 0.137 e. The summed E-state index contributed by atoms with van der Waals surface area (Å²) in [7, 11) is 0. The molecule has 0 unspecified atom stereocenters. The maximum atomic E-state index is 13.5. The number of rotatable bonds is 0. The van der Waals surface area contributed by atoms with E-state index >= 15 is 0 Å². The first-order chi connectivity index (χ1) is 6.18. The average molecular weight is 178 g/mol. The van der Waals surface area contributed by atoms with Gasteiger partial charge in [-0.25, -0.2) is 4.39 Å². The van der Waals surface area contributed by atoms with Crippen molar-refractivity contribution in [2.75, 3.05) is 0 Å². The van der Waals surface area contributed by atoms with E-state index in [1.54, 1.807) is 13.0 Å². The highest BCUT2D eigenvalue weighted by Crippen LogP contribution is 2.23. The van der Waals surface area contributed by atoms with Crippen LogP contribution in [-0.2, 0) is 17.6 Å². The second-order valence-corrected chi connectivity index (χ2v) is 3.55. The summed E-state index contributed by atoms with van der Waals surface area (Å²) >= 11 is 0. The van der Waals surface area contributed by atoms with E-state index in [1.807, 2.05) is 6.07 Å². The largest absolute Gasteiger partial charge is 0.299 e. The molecule has 0 atom stereocenters. The molecule has 0 bridgehead atoms. The highest BCUT2D eigenvalue weighted by atomic mass is 19.1. The average Bonchev–Trinajstić information content (AvgIpc) is 2.12. The first-order valence-electron chi connectivity index (χ1n) is 4.47. The first-order valence-corrected chi connectivity index (χ1v) is 4.47. The molecule has 68 valence electrons. The van der Waals surface area contributed by atoms with Crippen LogP contribution >= 0.6 is 0 Å². The zero-order valence-electron chi connectivity index (χ0n) is 7.56. The Kier molecular flexibility index (Phi) is 1.91. The number of hydrogen-bond donors (Lipinski definition) is 0. The van der Waals surface area contributed by atoms with Crippen LogP contribution < -0.4 is 0 Å². The summed E-state index contributed by atoms with van der Waals surface area (Å²) in [6, 6.07) is 3.61. The fraction of sp³-hybridized carbons (Fsp3) is 0.364. The number of benzene rings is 1. The molecule has 0 spiro atoms. The van der Waals surface area contributed by atoms with E-state index in [0.717, 1.165) is 11.1 Å². The fourth-order valence-corrected chi connectivity index (χ4v) is 1.78. The second-order valence-electron chi connectivity index (χ2n) is 3.55. The third-order valence-corrected chi connectivity index (χ3v) is 2.57. The predicted octanol–water partition coefficient (Wildman–Crippen LogP) is 2.19. The highest BCUT2D eigenvalue weighted by molar-refractivity contribution is 5.83. The Morgan fingerprint density at radius 1 is 1.31 bits per heavy atom. The number of halogens is 1. The van der Waals surface area contributed by atoms with Crippen molar-refractivity contribution in [2.45, 2.75) is 26.2 Å². The third-order valence-electron chi connectivity index (χ3n) is 2.57. The summed E-state index contributed by atoms with van der Waals surface area (Å²) in [6.45, 7) is 1.76. The molecule has 0 N–H and O–H groups in total. The summed E-state index contributed by atoms with van der Waals surface area (Å²) < 4.78 is 13.5. The molecule has 2 heteroatoms. The van der Waals surface area contributed by atoms with Gasteiger partial charge in [0.2, 0.25) is 0 Å². The van der Waals surface area contributed by atoms with Crippen molar-refractivity contribution in [3.8, 4) is 0 Å². The maximum Gasteiger partial charge on any atom is 0.137 e. The number of aryl methyl sites for hydroxylation is 1. The molecule has 0 fully saturated rings. The molecule has 0 heterocycles. The van der Waals surface area contributed by atoms with E-state index in [9.17, 15) is 9.18 Å². The van der Waals surface area contributed by atoms with Crippen LogP contribution in [0.4, 0.5) is 4.39 Å². The molecule has 0 amide bonds. The lowest BCUT2D eigenvalue weighted by Gasteiger charge is -2.16. The summed E-state index contributed by atoms with van der Waals surface area (Å²) in [5.74, 6) is 0.0979. The SMILES string of the molecule is Cc1ccc2c(c1F)CCC(=O)C2. The van der Waals surface area contributed by atoms with E-state index < -0.39 is 0 Å². The van der Waals surface area contributed by atoms with Gasteiger partial charge in [0.05, 0.1) is 0 Å². The molecule has 1 nitrogen and oxygen atoms in total. The lowest BCUT2D eigenvalue weighted by molar-refractivity contribution is -0.118. The summed E-state index contributed by atoms with van der Waals surface area (Å²) in [4.78, 5) is 11.1. The van der Waals surface area contributed by atoms with Crippen molar-refractivity contribution >= 4 is 5.78 Å². The molecule has 1 aliphatic carbocycles. The van der Waals surface area contributed by atoms with Gasteiger partial charge >= 0.3 is 0 Å². The predicted molar refractivity (Wildman–Crippen MR) is 48.2 cm³/mol. The number of hydrogen-bond acceptors (Lipinski definition) is 1. The van der Waals surface area contributed by atoms with Crippen molar-refractivity contribution in [2.24, 2.45) is 0 Å². The molecule has 0 saturated carbocycles. The van der Waals surface area contributed by atoms with Gasteiger partial charge in [-0.1, -0.05) is 12.1 Å². The van der Waals surface area contributed by atoms with Gasteiger partial charge in [0, 0.05) is 12.8 Å². The van der Waals surface area contributed by atoms with Crippen LogP contribution in [0.15, 0.2) is 12.1 Å². The number of carbonyl (C=O) groups is 1. The molecule has 1 aromatic carbocycles. The Morgan fingerprint density at radius 3 is 2.85 bits per heavy atom. The molecule has 1 aromatic rings. The highest BCUT2D eigenvalue weighted by Gasteiger charge is 2.19. The van der Waals surface area contributed by atoms with Gasteiger partial charge in [-0.2, -0.15) is 0 Å². The molecular weight excluding hydrogens is 167 g/mol. The van der Waals surface area contributed by atoms with Gasteiger partial charge in [0.1, 0.15) is 11.6 Å². The maximum absolute atomic E-state index is 13.5. The molecule has 13 heavy (non-hydrogen) atoms. The minimum absolute atomic E-state index is 0.120. The van der Waals surface area contributed by atoms with Gasteiger partial charge < -0.3 is 0 Å². The quantitative estimate of drug-likeness (QED) is 0.595.